The maximum Gasteiger partial charge on any atom is 0.417 e. The van der Waals surface area contributed by atoms with Crippen molar-refractivity contribution in [2.24, 2.45) is 0 Å². The lowest BCUT2D eigenvalue weighted by Crippen LogP contribution is -2.20. The first-order valence-electron chi connectivity index (χ1n) is 6.47. The summed E-state index contributed by atoms with van der Waals surface area (Å²) in [5, 5.41) is 12.5. The van der Waals surface area contributed by atoms with Crippen LogP contribution in [0.5, 0.6) is 0 Å². The van der Waals surface area contributed by atoms with Gasteiger partial charge in [-0.15, -0.1) is 0 Å². The smallest absolute Gasteiger partial charge is 0.384 e. The van der Waals surface area contributed by atoms with Gasteiger partial charge in [0.15, 0.2) is 0 Å². The Hall–Kier alpha value is -1.35. The van der Waals surface area contributed by atoms with Crippen molar-refractivity contribution in [2.45, 2.75) is 30.7 Å². The van der Waals surface area contributed by atoms with E-state index in [1.165, 1.54) is 25.0 Å². The van der Waals surface area contributed by atoms with Crippen LogP contribution in [0.2, 0.25) is 0 Å². The highest BCUT2D eigenvalue weighted by atomic mass is 32.2. The van der Waals surface area contributed by atoms with Gasteiger partial charge in [0.25, 0.3) is 0 Å². The van der Waals surface area contributed by atoms with Crippen LogP contribution in [0, 0.1) is 11.3 Å². The van der Waals surface area contributed by atoms with Gasteiger partial charge in [0.1, 0.15) is 0 Å². The van der Waals surface area contributed by atoms with Crippen LogP contribution >= 0.6 is 11.8 Å². The summed E-state index contributed by atoms with van der Waals surface area (Å²) in [7, 11) is 0. The lowest BCUT2D eigenvalue weighted by molar-refractivity contribution is -0.137. The van der Waals surface area contributed by atoms with E-state index in [2.05, 4.69) is 5.32 Å². The van der Waals surface area contributed by atoms with Crippen LogP contribution in [0.15, 0.2) is 18.2 Å². The number of hydrogen-bond acceptors (Lipinski definition) is 3. The second-order valence-corrected chi connectivity index (χ2v) is 6.15. The van der Waals surface area contributed by atoms with Crippen LogP contribution in [0.3, 0.4) is 0 Å². The highest BCUT2D eigenvalue weighted by Gasteiger charge is 2.33. The fourth-order valence-corrected chi connectivity index (χ4v) is 3.43. The molecular formula is C14H15F3N2S. The predicted molar refractivity (Wildman–Crippen MR) is 74.7 cm³/mol. The van der Waals surface area contributed by atoms with Gasteiger partial charge in [0, 0.05) is 17.5 Å². The van der Waals surface area contributed by atoms with Crippen LogP contribution in [0.1, 0.15) is 30.4 Å². The fourth-order valence-electron chi connectivity index (χ4n) is 2.19. The molecule has 1 aliphatic rings. The van der Waals surface area contributed by atoms with Crippen LogP contribution in [-0.2, 0) is 6.18 Å². The van der Waals surface area contributed by atoms with Gasteiger partial charge in [-0.2, -0.15) is 30.2 Å². The summed E-state index contributed by atoms with van der Waals surface area (Å²) in [4.78, 5) is 0. The number of rotatable bonds is 3. The van der Waals surface area contributed by atoms with Gasteiger partial charge in [0.2, 0.25) is 0 Å². The minimum Gasteiger partial charge on any atom is -0.384 e. The number of nitrogens with one attached hydrogen (secondary N) is 1. The Labute approximate surface area is 120 Å². The molecule has 1 unspecified atom stereocenters. The maximum atomic E-state index is 12.7. The third-order valence-corrected chi connectivity index (χ3v) is 4.65. The normalized spacial score (nSPS) is 19.4. The number of nitriles is 1. The molecule has 1 atom stereocenters. The Balaban J connectivity index is 2.04. The standard InChI is InChI=1S/C14H15F3N2S/c15-14(16,17)13-5-4-11(7-10(13)8-18)19-9-12-3-1-2-6-20-12/h4-5,7,12,19H,1-3,6,9H2. The Bertz CT molecular complexity index is 502. The first-order chi connectivity index (χ1) is 9.50. The monoisotopic (exact) mass is 300 g/mol. The fraction of sp³-hybridized carbons (Fsp3) is 0.500. The van der Waals surface area contributed by atoms with Crippen LogP contribution in [0.25, 0.3) is 0 Å². The Morgan fingerprint density at radius 1 is 1.35 bits per heavy atom. The Morgan fingerprint density at radius 3 is 2.75 bits per heavy atom. The van der Waals surface area contributed by atoms with Crippen LogP contribution in [-0.4, -0.2) is 17.5 Å². The second kappa shape index (κ2) is 6.40. The number of alkyl halides is 3. The minimum atomic E-state index is -4.48. The summed E-state index contributed by atoms with van der Waals surface area (Å²) in [5.41, 5.74) is -0.642. The molecule has 2 rings (SSSR count). The van der Waals surface area contributed by atoms with Crippen molar-refractivity contribution in [3.05, 3.63) is 29.3 Å². The number of benzene rings is 1. The molecule has 1 aromatic rings. The highest BCUT2D eigenvalue weighted by Crippen LogP contribution is 2.33. The summed E-state index contributed by atoms with van der Waals surface area (Å²) in [6.07, 6.45) is -0.915. The van der Waals surface area contributed by atoms with Gasteiger partial charge in [-0.1, -0.05) is 6.42 Å². The molecule has 20 heavy (non-hydrogen) atoms. The van der Waals surface area contributed by atoms with Gasteiger partial charge >= 0.3 is 6.18 Å². The first kappa shape index (κ1) is 15.0. The van der Waals surface area contributed by atoms with E-state index in [1.807, 2.05) is 11.8 Å². The number of thioether (sulfide) groups is 1. The van der Waals surface area contributed by atoms with Crippen molar-refractivity contribution in [1.82, 2.24) is 0 Å². The molecule has 0 amide bonds. The molecule has 2 nitrogen and oxygen atoms in total. The zero-order valence-corrected chi connectivity index (χ0v) is 11.7. The molecule has 1 aliphatic heterocycles. The summed E-state index contributed by atoms with van der Waals surface area (Å²) in [6, 6.07) is 5.24. The molecule has 0 aliphatic carbocycles. The molecule has 0 bridgehead atoms. The maximum absolute atomic E-state index is 12.7. The molecular weight excluding hydrogens is 285 g/mol. The van der Waals surface area contributed by atoms with E-state index in [0.717, 1.165) is 24.8 Å². The average Bonchev–Trinajstić information content (AvgIpc) is 2.45. The van der Waals surface area contributed by atoms with E-state index < -0.39 is 11.7 Å². The summed E-state index contributed by atoms with van der Waals surface area (Å²) < 4.78 is 38.0. The summed E-state index contributed by atoms with van der Waals surface area (Å²) in [6.45, 7) is 0.723. The predicted octanol–water partition coefficient (Wildman–Crippen LogP) is 4.27. The van der Waals surface area contributed by atoms with Crippen molar-refractivity contribution in [3.8, 4) is 6.07 Å². The van der Waals surface area contributed by atoms with E-state index in [4.69, 9.17) is 5.26 Å². The summed E-state index contributed by atoms with van der Waals surface area (Å²) >= 11 is 1.89. The van der Waals surface area contributed by atoms with Gasteiger partial charge in [-0.3, -0.25) is 0 Å². The molecule has 0 radical (unpaired) electrons. The van der Waals surface area contributed by atoms with E-state index in [1.54, 1.807) is 6.07 Å². The molecule has 0 spiro atoms. The Kier molecular flexibility index (Phi) is 4.81. The molecule has 6 heteroatoms. The zero-order chi connectivity index (χ0) is 14.6. The molecule has 1 aromatic carbocycles. The van der Waals surface area contributed by atoms with Crippen molar-refractivity contribution in [1.29, 1.82) is 5.26 Å². The number of halogens is 3. The largest absolute Gasteiger partial charge is 0.417 e. The van der Waals surface area contributed by atoms with Crippen molar-refractivity contribution in [2.75, 3.05) is 17.6 Å². The second-order valence-electron chi connectivity index (χ2n) is 4.74. The molecule has 1 fully saturated rings. The van der Waals surface area contributed by atoms with Gasteiger partial charge < -0.3 is 5.32 Å². The topological polar surface area (TPSA) is 35.8 Å². The highest BCUT2D eigenvalue weighted by molar-refractivity contribution is 7.99. The zero-order valence-electron chi connectivity index (χ0n) is 10.8. The molecule has 0 aromatic heterocycles. The lowest BCUT2D eigenvalue weighted by atomic mass is 10.1. The van der Waals surface area contributed by atoms with Crippen LogP contribution in [0.4, 0.5) is 18.9 Å². The number of nitrogens with zero attached hydrogens (tertiary/aromatic N) is 1. The van der Waals surface area contributed by atoms with Gasteiger partial charge in [0.05, 0.1) is 17.2 Å². The van der Waals surface area contributed by atoms with Crippen LogP contribution < -0.4 is 5.32 Å². The SMILES string of the molecule is N#Cc1cc(NCC2CCCCS2)ccc1C(F)(F)F. The third kappa shape index (κ3) is 3.83. The number of anilines is 1. The first-order valence-corrected chi connectivity index (χ1v) is 7.52. The number of hydrogen-bond donors (Lipinski definition) is 1. The van der Waals surface area contributed by atoms with Crippen molar-refractivity contribution in [3.63, 3.8) is 0 Å². The van der Waals surface area contributed by atoms with Gasteiger partial charge in [-0.05, 0) is 36.8 Å². The van der Waals surface area contributed by atoms with E-state index in [0.29, 0.717) is 10.9 Å². The Morgan fingerprint density at radius 2 is 2.15 bits per heavy atom. The lowest BCUT2D eigenvalue weighted by Gasteiger charge is -2.22. The molecule has 0 saturated carbocycles. The molecule has 1 saturated heterocycles. The van der Waals surface area contributed by atoms with Crippen molar-refractivity contribution >= 4 is 17.4 Å². The quantitative estimate of drug-likeness (QED) is 0.905. The third-order valence-electron chi connectivity index (χ3n) is 3.25. The van der Waals surface area contributed by atoms with E-state index in [9.17, 15) is 13.2 Å². The van der Waals surface area contributed by atoms with E-state index >= 15 is 0 Å². The summed E-state index contributed by atoms with van der Waals surface area (Å²) in [5.74, 6) is 1.14. The molecule has 1 N–H and O–H groups in total. The van der Waals surface area contributed by atoms with Gasteiger partial charge in [-0.25, -0.2) is 0 Å². The van der Waals surface area contributed by atoms with E-state index in [-0.39, 0.29) is 5.56 Å². The molecule has 1 heterocycles. The van der Waals surface area contributed by atoms with Crippen molar-refractivity contribution < 1.29 is 13.2 Å². The minimum absolute atomic E-state index is 0.334. The molecule has 108 valence electrons. The average molecular weight is 300 g/mol.